The average Bonchev–Trinajstić information content (AvgIpc) is 3.04. The monoisotopic (exact) mass is 318 g/mol. The van der Waals surface area contributed by atoms with Crippen molar-refractivity contribution in [3.8, 4) is 0 Å². The normalized spacial score (nSPS) is 23.7. The zero-order valence-electron chi connectivity index (χ0n) is 16.1. The highest BCUT2D eigenvalue weighted by atomic mass is 14.4. The number of allylic oxidation sites excluding steroid dienone is 3. The molecule has 0 amide bonds. The van der Waals surface area contributed by atoms with Crippen molar-refractivity contribution in [3.05, 3.63) is 50.9 Å². The van der Waals surface area contributed by atoms with Crippen LogP contribution < -0.4 is 10.4 Å². The van der Waals surface area contributed by atoms with Gasteiger partial charge in [-0.2, -0.15) is 0 Å². The molecule has 1 unspecified atom stereocenters. The van der Waals surface area contributed by atoms with Crippen LogP contribution in [0.2, 0.25) is 0 Å². The van der Waals surface area contributed by atoms with Gasteiger partial charge in [-0.15, -0.1) is 0 Å². The Morgan fingerprint density at radius 3 is 2.54 bits per heavy atom. The molecule has 4 rings (SSSR count). The van der Waals surface area contributed by atoms with Crippen LogP contribution in [0.15, 0.2) is 29.4 Å². The van der Waals surface area contributed by atoms with Crippen LogP contribution in [0.1, 0.15) is 65.5 Å². The first-order valence-electron chi connectivity index (χ1n) is 9.54. The Kier molecular flexibility index (Phi) is 3.30. The molecular weight excluding hydrogens is 288 g/mol. The lowest BCUT2D eigenvalue weighted by molar-refractivity contribution is 0.292. The molecule has 0 aliphatic heterocycles. The maximum absolute atomic E-state index is 2.55. The van der Waals surface area contributed by atoms with Gasteiger partial charge in [-0.25, -0.2) is 0 Å². The molecule has 0 heterocycles. The maximum atomic E-state index is 2.55. The molecule has 0 saturated carbocycles. The highest BCUT2D eigenvalue weighted by Gasteiger charge is 2.40. The molecule has 1 aromatic rings. The van der Waals surface area contributed by atoms with Crippen molar-refractivity contribution in [2.75, 3.05) is 0 Å². The van der Waals surface area contributed by atoms with E-state index in [0.717, 1.165) is 6.42 Å². The van der Waals surface area contributed by atoms with Gasteiger partial charge in [-0.05, 0) is 74.3 Å². The molecule has 1 aromatic carbocycles. The third-order valence-corrected chi connectivity index (χ3v) is 6.30. The van der Waals surface area contributed by atoms with E-state index < -0.39 is 0 Å². The topological polar surface area (TPSA) is 0 Å². The van der Waals surface area contributed by atoms with Gasteiger partial charge < -0.3 is 0 Å². The summed E-state index contributed by atoms with van der Waals surface area (Å²) in [6, 6.07) is 4.75. The lowest BCUT2D eigenvalue weighted by Gasteiger charge is -2.40. The van der Waals surface area contributed by atoms with Gasteiger partial charge in [0.05, 0.1) is 0 Å². The average molecular weight is 319 g/mol. The summed E-state index contributed by atoms with van der Waals surface area (Å²) in [6.07, 6.45) is 11.0. The third-order valence-electron chi connectivity index (χ3n) is 6.30. The van der Waals surface area contributed by atoms with Crippen molar-refractivity contribution < 1.29 is 0 Å². The SMILES string of the molecule is CCC(C)C1=Cc2c3c(ccc2=C1)=C1C(=CC(C)(C)CC1(C)C)C3. The Balaban J connectivity index is 1.95. The van der Waals surface area contributed by atoms with Gasteiger partial charge in [0, 0.05) is 0 Å². The Labute approximate surface area is 146 Å². The summed E-state index contributed by atoms with van der Waals surface area (Å²) in [4.78, 5) is 0. The van der Waals surface area contributed by atoms with Crippen LogP contribution in [0.5, 0.6) is 0 Å². The van der Waals surface area contributed by atoms with Gasteiger partial charge in [0.2, 0.25) is 0 Å². The van der Waals surface area contributed by atoms with Gasteiger partial charge in [0.25, 0.3) is 0 Å². The van der Waals surface area contributed by atoms with E-state index in [2.05, 4.69) is 71.9 Å². The third kappa shape index (κ3) is 2.26. The first-order chi connectivity index (χ1) is 11.2. The molecule has 0 aromatic heterocycles. The van der Waals surface area contributed by atoms with Crippen molar-refractivity contribution >= 4 is 17.7 Å². The molecule has 1 atom stereocenters. The van der Waals surface area contributed by atoms with Crippen molar-refractivity contribution in [2.24, 2.45) is 16.7 Å². The summed E-state index contributed by atoms with van der Waals surface area (Å²) in [7, 11) is 0. The quantitative estimate of drug-likeness (QED) is 0.720. The number of hydrogen-bond donors (Lipinski definition) is 0. The first kappa shape index (κ1) is 15.9. The summed E-state index contributed by atoms with van der Waals surface area (Å²) < 4.78 is 0. The molecule has 0 N–H and O–H groups in total. The van der Waals surface area contributed by atoms with E-state index in [1.54, 1.807) is 16.7 Å². The van der Waals surface area contributed by atoms with Gasteiger partial charge in [-0.1, -0.05) is 71.9 Å². The summed E-state index contributed by atoms with van der Waals surface area (Å²) in [5.41, 5.74) is 8.36. The van der Waals surface area contributed by atoms with Crippen LogP contribution in [-0.4, -0.2) is 0 Å². The summed E-state index contributed by atoms with van der Waals surface area (Å²) in [5.74, 6) is 0.652. The van der Waals surface area contributed by atoms with E-state index in [0.29, 0.717) is 11.3 Å². The zero-order valence-corrected chi connectivity index (χ0v) is 16.1. The van der Waals surface area contributed by atoms with Crippen LogP contribution in [0.4, 0.5) is 0 Å². The predicted molar refractivity (Wildman–Crippen MR) is 105 cm³/mol. The fourth-order valence-electron chi connectivity index (χ4n) is 5.44. The van der Waals surface area contributed by atoms with Crippen molar-refractivity contribution in [1.29, 1.82) is 0 Å². The van der Waals surface area contributed by atoms with Gasteiger partial charge in [0.1, 0.15) is 0 Å². The second-order valence-corrected chi connectivity index (χ2v) is 9.46. The minimum absolute atomic E-state index is 0.263. The van der Waals surface area contributed by atoms with E-state index in [1.165, 1.54) is 34.4 Å². The maximum Gasteiger partial charge on any atom is -0.00134 e. The van der Waals surface area contributed by atoms with E-state index in [1.807, 2.05) is 0 Å². The molecule has 0 radical (unpaired) electrons. The Morgan fingerprint density at radius 1 is 1.08 bits per heavy atom. The molecular formula is C24H30. The van der Waals surface area contributed by atoms with Crippen molar-refractivity contribution in [1.82, 2.24) is 0 Å². The van der Waals surface area contributed by atoms with Gasteiger partial charge in [0.15, 0.2) is 0 Å². The van der Waals surface area contributed by atoms with E-state index >= 15 is 0 Å². The smallest absolute Gasteiger partial charge is 0.00134 e. The number of hydrogen-bond acceptors (Lipinski definition) is 0. The van der Waals surface area contributed by atoms with Crippen molar-refractivity contribution in [3.63, 3.8) is 0 Å². The molecule has 0 saturated heterocycles. The fourth-order valence-corrected chi connectivity index (χ4v) is 5.44. The Hall–Kier alpha value is -1.56. The van der Waals surface area contributed by atoms with Crippen LogP contribution >= 0.6 is 0 Å². The summed E-state index contributed by atoms with van der Waals surface area (Å²) >= 11 is 0. The van der Waals surface area contributed by atoms with Gasteiger partial charge in [-0.3, -0.25) is 0 Å². The summed E-state index contributed by atoms with van der Waals surface area (Å²) in [5, 5.41) is 2.96. The Morgan fingerprint density at radius 2 is 1.83 bits per heavy atom. The fraction of sp³-hybridized carbons (Fsp3) is 0.500. The van der Waals surface area contributed by atoms with Crippen LogP contribution in [0, 0.1) is 16.7 Å². The van der Waals surface area contributed by atoms with E-state index in [-0.39, 0.29) is 5.41 Å². The molecule has 0 spiro atoms. The predicted octanol–water partition coefficient (Wildman–Crippen LogP) is 5.00. The first-order valence-corrected chi connectivity index (χ1v) is 9.54. The molecule has 0 nitrogen and oxygen atoms in total. The van der Waals surface area contributed by atoms with Crippen LogP contribution in [0.3, 0.4) is 0 Å². The molecule has 3 aliphatic rings. The summed E-state index contributed by atoms with van der Waals surface area (Å²) in [6.45, 7) is 14.3. The molecule has 0 fully saturated rings. The van der Waals surface area contributed by atoms with E-state index in [4.69, 9.17) is 0 Å². The second-order valence-electron chi connectivity index (χ2n) is 9.46. The highest BCUT2D eigenvalue weighted by molar-refractivity contribution is 5.82. The minimum Gasteiger partial charge on any atom is -0.0750 e. The van der Waals surface area contributed by atoms with Crippen LogP contribution in [0.25, 0.3) is 17.7 Å². The molecule has 126 valence electrons. The van der Waals surface area contributed by atoms with Crippen LogP contribution in [-0.2, 0) is 6.42 Å². The highest BCUT2D eigenvalue weighted by Crippen LogP contribution is 2.51. The molecule has 0 heteroatoms. The minimum atomic E-state index is 0.263. The lowest BCUT2D eigenvalue weighted by atomic mass is 9.64. The van der Waals surface area contributed by atoms with E-state index in [9.17, 15) is 0 Å². The molecule has 0 bridgehead atoms. The zero-order chi connectivity index (χ0) is 17.3. The molecule has 24 heavy (non-hydrogen) atoms. The second kappa shape index (κ2) is 4.97. The lowest BCUT2D eigenvalue weighted by Crippen LogP contribution is -2.30. The number of fused-ring (bicyclic) bond motifs is 4. The standard InChI is InChI=1S/C24H30/c1-7-15(2)17-10-16-8-9-19-21(20(16)11-17)12-18-13-23(3,4)14-24(5,6)22(18)19/h8-11,13,15H,7,12,14H2,1-6H3. The number of rotatable bonds is 2. The molecule has 3 aliphatic carbocycles. The largest absolute Gasteiger partial charge is 0.0750 e. The van der Waals surface area contributed by atoms with Crippen molar-refractivity contribution in [2.45, 2.75) is 60.8 Å². The van der Waals surface area contributed by atoms with Gasteiger partial charge >= 0.3 is 0 Å². The Bertz CT molecular complexity index is 900. The number of benzene rings is 1.